The first-order valence-electron chi connectivity index (χ1n) is 8.46. The molecule has 0 saturated heterocycles. The van der Waals surface area contributed by atoms with Crippen LogP contribution in [0, 0.1) is 0 Å². The van der Waals surface area contributed by atoms with Gasteiger partial charge in [-0.25, -0.2) is 0 Å². The molecule has 8 nitrogen and oxygen atoms in total. The number of rotatable bonds is 9. The van der Waals surface area contributed by atoms with Crippen molar-refractivity contribution in [3.63, 3.8) is 0 Å². The predicted octanol–water partition coefficient (Wildman–Crippen LogP) is 1.21. The number of nitrogens with one attached hydrogen (secondary N) is 2. The summed E-state index contributed by atoms with van der Waals surface area (Å²) in [7, 11) is 0. The first-order chi connectivity index (χ1) is 12.4. The number of amides is 2. The van der Waals surface area contributed by atoms with E-state index in [9.17, 15) is 19.2 Å². The molecule has 2 N–H and O–H groups in total. The lowest BCUT2D eigenvalue weighted by Gasteiger charge is -2.21. The van der Waals surface area contributed by atoms with Crippen molar-refractivity contribution in [2.75, 3.05) is 24.6 Å². The maximum absolute atomic E-state index is 12.0. The van der Waals surface area contributed by atoms with Crippen LogP contribution in [-0.4, -0.2) is 43.3 Å². The Morgan fingerprint density at radius 2 is 1.58 bits per heavy atom. The third kappa shape index (κ3) is 7.33. The van der Waals surface area contributed by atoms with Crippen LogP contribution in [0.15, 0.2) is 24.3 Å². The summed E-state index contributed by atoms with van der Waals surface area (Å²) >= 11 is 0. The molecule has 0 saturated carbocycles. The first-order valence-corrected chi connectivity index (χ1v) is 8.46. The Bertz CT molecular complexity index is 639. The van der Waals surface area contributed by atoms with Crippen LogP contribution in [0.4, 0.5) is 5.69 Å². The van der Waals surface area contributed by atoms with Gasteiger partial charge in [-0.05, 0) is 45.0 Å². The van der Waals surface area contributed by atoms with E-state index in [-0.39, 0.29) is 18.6 Å². The molecule has 0 unspecified atom stereocenters. The zero-order valence-electron chi connectivity index (χ0n) is 15.3. The number of anilines is 1. The third-order valence-corrected chi connectivity index (χ3v) is 3.62. The van der Waals surface area contributed by atoms with Crippen molar-refractivity contribution in [3.8, 4) is 0 Å². The highest BCUT2D eigenvalue weighted by atomic mass is 16.5. The van der Waals surface area contributed by atoms with E-state index in [0.29, 0.717) is 5.56 Å². The molecule has 0 spiro atoms. The van der Waals surface area contributed by atoms with E-state index in [2.05, 4.69) is 15.8 Å². The van der Waals surface area contributed by atoms with Gasteiger partial charge in [-0.2, -0.15) is 0 Å². The fourth-order valence-electron chi connectivity index (χ4n) is 2.14. The van der Waals surface area contributed by atoms with Crippen LogP contribution < -0.4 is 15.8 Å². The molecular formula is C18H25N3O5. The monoisotopic (exact) mass is 363 g/mol. The van der Waals surface area contributed by atoms with Gasteiger partial charge in [-0.15, -0.1) is 0 Å². The van der Waals surface area contributed by atoms with Crippen molar-refractivity contribution >= 4 is 29.3 Å². The summed E-state index contributed by atoms with van der Waals surface area (Å²) in [4.78, 5) is 47.8. The molecule has 8 heteroatoms. The quantitative estimate of drug-likeness (QED) is 0.505. The predicted molar refractivity (Wildman–Crippen MR) is 96.5 cm³/mol. The van der Waals surface area contributed by atoms with Gasteiger partial charge in [0.15, 0.2) is 6.61 Å². The zero-order chi connectivity index (χ0) is 19.5. The highest BCUT2D eigenvalue weighted by Crippen LogP contribution is 2.14. The Labute approximate surface area is 152 Å². The summed E-state index contributed by atoms with van der Waals surface area (Å²) in [5, 5.41) is 0. The van der Waals surface area contributed by atoms with Gasteiger partial charge in [0.1, 0.15) is 5.78 Å². The van der Waals surface area contributed by atoms with E-state index in [1.54, 1.807) is 12.1 Å². The highest BCUT2D eigenvalue weighted by molar-refractivity contribution is 5.95. The minimum Gasteiger partial charge on any atom is -0.455 e. The van der Waals surface area contributed by atoms with Crippen molar-refractivity contribution in [1.29, 1.82) is 0 Å². The van der Waals surface area contributed by atoms with Crippen molar-refractivity contribution in [1.82, 2.24) is 10.9 Å². The van der Waals surface area contributed by atoms with E-state index < -0.39 is 24.4 Å². The topological polar surface area (TPSA) is 105 Å². The molecule has 2 amide bonds. The Morgan fingerprint density at radius 1 is 0.962 bits per heavy atom. The van der Waals surface area contributed by atoms with Crippen molar-refractivity contribution in [2.45, 2.75) is 33.6 Å². The van der Waals surface area contributed by atoms with Gasteiger partial charge < -0.3 is 14.4 Å². The smallest absolute Gasteiger partial charge is 0.306 e. The second-order valence-electron chi connectivity index (χ2n) is 5.58. The van der Waals surface area contributed by atoms with Gasteiger partial charge in [-0.3, -0.25) is 25.2 Å². The number of carbonyl (C=O) groups excluding carboxylic acids is 4. The lowest BCUT2D eigenvalue weighted by atomic mass is 10.2. The second-order valence-corrected chi connectivity index (χ2v) is 5.58. The number of ether oxygens (including phenoxy) is 1. The second kappa shape index (κ2) is 10.9. The lowest BCUT2D eigenvalue weighted by molar-refractivity contribution is -0.149. The van der Waals surface area contributed by atoms with Gasteiger partial charge in [0, 0.05) is 30.8 Å². The van der Waals surface area contributed by atoms with Crippen LogP contribution in [0.25, 0.3) is 0 Å². The molecule has 0 aliphatic carbocycles. The fourth-order valence-corrected chi connectivity index (χ4v) is 2.14. The molecule has 1 rings (SSSR count). The van der Waals surface area contributed by atoms with Crippen LogP contribution >= 0.6 is 0 Å². The normalized spacial score (nSPS) is 9.96. The molecule has 0 fully saturated rings. The van der Waals surface area contributed by atoms with Crippen LogP contribution in [0.3, 0.4) is 0 Å². The number of esters is 1. The molecule has 0 radical (unpaired) electrons. The molecule has 0 bridgehead atoms. The Kier molecular flexibility index (Phi) is 8.83. The van der Waals surface area contributed by atoms with Crippen molar-refractivity contribution in [3.05, 3.63) is 29.8 Å². The average Bonchev–Trinajstić information content (AvgIpc) is 2.64. The number of ketones is 1. The van der Waals surface area contributed by atoms with E-state index in [0.717, 1.165) is 18.8 Å². The fraction of sp³-hybridized carbons (Fsp3) is 0.444. The largest absolute Gasteiger partial charge is 0.455 e. The third-order valence-electron chi connectivity index (χ3n) is 3.62. The van der Waals surface area contributed by atoms with Crippen LogP contribution in [0.1, 0.15) is 44.0 Å². The molecule has 26 heavy (non-hydrogen) atoms. The molecule has 0 aliphatic rings. The number of Topliss-reactive ketones (excluding diaryl/α,β-unsaturated/α-hetero) is 1. The molecule has 0 aromatic heterocycles. The van der Waals surface area contributed by atoms with E-state index in [4.69, 9.17) is 4.74 Å². The summed E-state index contributed by atoms with van der Waals surface area (Å²) in [5.41, 5.74) is 5.82. The molecule has 1 aromatic rings. The van der Waals surface area contributed by atoms with E-state index in [1.807, 2.05) is 26.0 Å². The molecular weight excluding hydrogens is 338 g/mol. The maximum Gasteiger partial charge on any atom is 0.306 e. The minimum absolute atomic E-state index is 0.0701. The summed E-state index contributed by atoms with van der Waals surface area (Å²) in [6, 6.07) is 6.99. The Morgan fingerprint density at radius 3 is 2.12 bits per heavy atom. The Hall–Kier alpha value is -2.90. The highest BCUT2D eigenvalue weighted by Gasteiger charge is 2.11. The lowest BCUT2D eigenvalue weighted by Crippen LogP contribution is -2.43. The first kappa shape index (κ1) is 21.1. The van der Waals surface area contributed by atoms with Gasteiger partial charge in [0.05, 0.1) is 6.42 Å². The summed E-state index contributed by atoms with van der Waals surface area (Å²) in [6.45, 7) is 6.66. The molecule has 0 atom stereocenters. The average molecular weight is 363 g/mol. The van der Waals surface area contributed by atoms with Crippen molar-refractivity contribution in [2.24, 2.45) is 0 Å². The van der Waals surface area contributed by atoms with Gasteiger partial charge in [0.2, 0.25) is 0 Å². The molecule has 0 aliphatic heterocycles. The summed E-state index contributed by atoms with van der Waals surface area (Å²) in [6.07, 6.45) is -0.00542. The van der Waals surface area contributed by atoms with Gasteiger partial charge in [-0.1, -0.05) is 0 Å². The van der Waals surface area contributed by atoms with E-state index in [1.165, 1.54) is 6.92 Å². The van der Waals surface area contributed by atoms with E-state index >= 15 is 0 Å². The van der Waals surface area contributed by atoms with Gasteiger partial charge >= 0.3 is 5.97 Å². The zero-order valence-corrected chi connectivity index (χ0v) is 15.3. The number of hydrogen-bond donors (Lipinski definition) is 2. The molecule has 1 aromatic carbocycles. The summed E-state index contributed by atoms with van der Waals surface area (Å²) < 4.78 is 4.70. The van der Waals surface area contributed by atoms with Gasteiger partial charge in [0.25, 0.3) is 11.8 Å². The number of benzene rings is 1. The number of nitrogens with zero attached hydrogens (tertiary/aromatic N) is 1. The van der Waals surface area contributed by atoms with Crippen LogP contribution in [-0.2, 0) is 19.1 Å². The molecule has 0 heterocycles. The van der Waals surface area contributed by atoms with Crippen LogP contribution in [0.2, 0.25) is 0 Å². The standard InChI is InChI=1S/C18H25N3O5/c1-4-21(5-2)15-9-7-14(8-10-15)18(25)20-19-16(23)12-26-17(24)11-6-13(3)22/h7-10H,4-6,11-12H2,1-3H3,(H,19,23)(H,20,25). The van der Waals surface area contributed by atoms with Crippen molar-refractivity contribution < 1.29 is 23.9 Å². The SMILES string of the molecule is CCN(CC)c1ccc(C(=O)NNC(=O)COC(=O)CCC(C)=O)cc1. The Balaban J connectivity index is 2.40. The number of carbonyl (C=O) groups is 4. The maximum atomic E-state index is 12.0. The number of hydrazine groups is 1. The molecule has 142 valence electrons. The number of hydrogen-bond acceptors (Lipinski definition) is 6. The summed E-state index contributed by atoms with van der Waals surface area (Å²) in [5.74, 6) is -1.93. The van der Waals surface area contributed by atoms with Crippen LogP contribution in [0.5, 0.6) is 0 Å². The minimum atomic E-state index is -0.672.